The molecular formula is C25H30N4O3. The Kier molecular flexibility index (Phi) is 6.55. The van der Waals surface area contributed by atoms with E-state index in [1.807, 2.05) is 36.9 Å². The average molecular weight is 435 g/mol. The van der Waals surface area contributed by atoms with Crippen molar-refractivity contribution in [3.63, 3.8) is 0 Å². The summed E-state index contributed by atoms with van der Waals surface area (Å²) in [6, 6.07) is 17.1. The zero-order chi connectivity index (χ0) is 22.7. The number of carbonyl (C=O) groups is 1. The van der Waals surface area contributed by atoms with E-state index in [1.165, 1.54) is 14.7 Å². The molecule has 32 heavy (non-hydrogen) atoms. The highest BCUT2D eigenvalue weighted by molar-refractivity contribution is 5.81. The van der Waals surface area contributed by atoms with Crippen molar-refractivity contribution in [1.82, 2.24) is 18.9 Å². The molecule has 1 atom stereocenters. The van der Waals surface area contributed by atoms with Gasteiger partial charge >= 0.3 is 5.69 Å². The molecule has 1 aromatic heterocycles. The van der Waals surface area contributed by atoms with Crippen LogP contribution in [-0.4, -0.2) is 51.0 Å². The highest BCUT2D eigenvalue weighted by atomic mass is 16.2. The van der Waals surface area contributed by atoms with Gasteiger partial charge in [-0.25, -0.2) is 4.79 Å². The van der Waals surface area contributed by atoms with E-state index in [4.69, 9.17) is 0 Å². The van der Waals surface area contributed by atoms with Gasteiger partial charge in [0.1, 0.15) is 6.54 Å². The summed E-state index contributed by atoms with van der Waals surface area (Å²) in [5.74, 6) is -0.0917. The van der Waals surface area contributed by atoms with Crippen molar-refractivity contribution < 1.29 is 4.79 Å². The van der Waals surface area contributed by atoms with Crippen LogP contribution in [0.1, 0.15) is 31.9 Å². The minimum atomic E-state index is -0.417. The number of hydrogen-bond acceptors (Lipinski definition) is 4. The number of aromatic nitrogens is 2. The maximum absolute atomic E-state index is 13.2. The summed E-state index contributed by atoms with van der Waals surface area (Å²) in [5, 5.41) is 0.466. The molecular weight excluding hydrogens is 404 g/mol. The van der Waals surface area contributed by atoms with Gasteiger partial charge in [0, 0.05) is 38.8 Å². The molecule has 1 unspecified atom stereocenters. The normalized spacial score (nSPS) is 15.8. The van der Waals surface area contributed by atoms with E-state index < -0.39 is 5.69 Å². The number of rotatable bonds is 6. The Bertz CT molecular complexity index is 1210. The van der Waals surface area contributed by atoms with Gasteiger partial charge in [-0.3, -0.25) is 23.6 Å². The van der Waals surface area contributed by atoms with Crippen molar-refractivity contribution in [2.75, 3.05) is 26.2 Å². The summed E-state index contributed by atoms with van der Waals surface area (Å²) in [5.41, 5.74) is 1.06. The maximum Gasteiger partial charge on any atom is 0.332 e. The molecule has 1 saturated heterocycles. The van der Waals surface area contributed by atoms with Crippen molar-refractivity contribution in [2.24, 2.45) is 0 Å². The molecule has 3 aromatic rings. The molecule has 1 aliphatic heterocycles. The molecule has 0 saturated carbocycles. The van der Waals surface area contributed by atoms with Gasteiger partial charge in [0.25, 0.3) is 5.56 Å². The molecule has 1 amide bonds. The summed E-state index contributed by atoms with van der Waals surface area (Å²) >= 11 is 0. The fourth-order valence-electron chi connectivity index (χ4n) is 4.30. The van der Waals surface area contributed by atoms with E-state index >= 15 is 0 Å². The second-order valence-corrected chi connectivity index (χ2v) is 8.46. The molecule has 7 heteroatoms. The number of para-hydroxylation sites is 1. The number of amides is 1. The molecule has 1 fully saturated rings. The number of nitrogens with zero attached hydrogens (tertiary/aromatic N) is 4. The summed E-state index contributed by atoms with van der Waals surface area (Å²) in [6.07, 6.45) is 0.658. The molecule has 1 aliphatic rings. The largest absolute Gasteiger partial charge is 0.339 e. The second-order valence-electron chi connectivity index (χ2n) is 8.46. The van der Waals surface area contributed by atoms with Gasteiger partial charge in [0.05, 0.1) is 10.9 Å². The van der Waals surface area contributed by atoms with Crippen molar-refractivity contribution in [1.29, 1.82) is 0 Å². The van der Waals surface area contributed by atoms with Crippen LogP contribution < -0.4 is 11.2 Å². The summed E-state index contributed by atoms with van der Waals surface area (Å²) < 4.78 is 2.75. The van der Waals surface area contributed by atoms with Crippen LogP contribution in [0.4, 0.5) is 0 Å². The molecule has 0 N–H and O–H groups in total. The minimum Gasteiger partial charge on any atom is -0.339 e. The first-order valence-electron chi connectivity index (χ1n) is 11.3. The number of carbonyl (C=O) groups excluding carboxylic acids is 1. The Balaban J connectivity index is 1.53. The minimum absolute atomic E-state index is 0.0608. The fourth-order valence-corrected chi connectivity index (χ4v) is 4.30. The summed E-state index contributed by atoms with van der Waals surface area (Å²) in [4.78, 5) is 43.4. The molecule has 0 bridgehead atoms. The van der Waals surface area contributed by atoms with Crippen LogP contribution in [0.5, 0.6) is 0 Å². The first-order valence-corrected chi connectivity index (χ1v) is 11.3. The van der Waals surface area contributed by atoms with Crippen molar-refractivity contribution in [3.05, 3.63) is 81.0 Å². The lowest BCUT2D eigenvalue weighted by atomic mass is 10.2. The van der Waals surface area contributed by atoms with Crippen LogP contribution in [0.3, 0.4) is 0 Å². The third kappa shape index (κ3) is 4.39. The quantitative estimate of drug-likeness (QED) is 0.598. The predicted molar refractivity (Wildman–Crippen MR) is 126 cm³/mol. The molecule has 0 spiro atoms. The maximum atomic E-state index is 13.2. The molecule has 2 aromatic carbocycles. The topological polar surface area (TPSA) is 67.6 Å². The third-order valence-electron chi connectivity index (χ3n) is 6.38. The van der Waals surface area contributed by atoms with Gasteiger partial charge < -0.3 is 4.90 Å². The van der Waals surface area contributed by atoms with Crippen LogP contribution in [-0.2, 0) is 17.9 Å². The van der Waals surface area contributed by atoms with Crippen LogP contribution in [0.2, 0.25) is 0 Å². The Morgan fingerprint density at radius 2 is 1.59 bits per heavy atom. The molecule has 2 heterocycles. The van der Waals surface area contributed by atoms with E-state index in [9.17, 15) is 14.4 Å². The predicted octanol–water partition coefficient (Wildman–Crippen LogP) is 2.48. The van der Waals surface area contributed by atoms with Crippen LogP contribution in [0.15, 0.2) is 64.2 Å². The molecule has 0 aliphatic carbocycles. The zero-order valence-electron chi connectivity index (χ0n) is 18.7. The lowest BCUT2D eigenvalue weighted by Crippen LogP contribution is -2.50. The Hall–Kier alpha value is -3.19. The first-order chi connectivity index (χ1) is 15.5. The Morgan fingerprint density at radius 3 is 2.28 bits per heavy atom. The van der Waals surface area contributed by atoms with Crippen LogP contribution in [0.25, 0.3) is 10.9 Å². The number of benzene rings is 2. The Labute approximate surface area is 187 Å². The van der Waals surface area contributed by atoms with Gasteiger partial charge in [-0.05, 0) is 31.0 Å². The smallest absolute Gasteiger partial charge is 0.332 e. The molecule has 4 rings (SSSR count). The van der Waals surface area contributed by atoms with E-state index in [0.717, 1.165) is 19.6 Å². The second kappa shape index (κ2) is 9.53. The highest BCUT2D eigenvalue weighted by Crippen LogP contribution is 2.13. The van der Waals surface area contributed by atoms with E-state index in [2.05, 4.69) is 17.0 Å². The van der Waals surface area contributed by atoms with Gasteiger partial charge in [-0.15, -0.1) is 0 Å². The fraction of sp³-hybridized carbons (Fsp3) is 0.400. The van der Waals surface area contributed by atoms with Crippen molar-refractivity contribution >= 4 is 16.8 Å². The summed E-state index contributed by atoms with van der Waals surface area (Å²) in [6.45, 7) is 7.45. The number of fused-ring (bicyclic) bond motifs is 1. The van der Waals surface area contributed by atoms with E-state index in [-0.39, 0.29) is 24.1 Å². The summed E-state index contributed by atoms with van der Waals surface area (Å²) in [7, 11) is 0. The van der Waals surface area contributed by atoms with Crippen molar-refractivity contribution in [3.8, 4) is 0 Å². The molecule has 0 radical (unpaired) electrons. The van der Waals surface area contributed by atoms with Crippen molar-refractivity contribution in [2.45, 2.75) is 39.4 Å². The SMILES string of the molecule is CCC(C)n1c(=O)c2ccccc2n(CC(=O)N2CCN(Cc3ccccc3)CC2)c1=O. The van der Waals surface area contributed by atoms with E-state index in [0.29, 0.717) is 30.4 Å². The van der Waals surface area contributed by atoms with Gasteiger partial charge in [-0.2, -0.15) is 0 Å². The molecule has 7 nitrogen and oxygen atoms in total. The van der Waals surface area contributed by atoms with Crippen LogP contribution in [0, 0.1) is 0 Å². The van der Waals surface area contributed by atoms with Gasteiger partial charge in [0.15, 0.2) is 0 Å². The third-order valence-corrected chi connectivity index (χ3v) is 6.38. The van der Waals surface area contributed by atoms with Gasteiger partial charge in [0.2, 0.25) is 5.91 Å². The lowest BCUT2D eigenvalue weighted by Gasteiger charge is -2.35. The van der Waals surface area contributed by atoms with Gasteiger partial charge in [-0.1, -0.05) is 49.4 Å². The monoisotopic (exact) mass is 434 g/mol. The van der Waals surface area contributed by atoms with E-state index in [1.54, 1.807) is 24.3 Å². The average Bonchev–Trinajstić information content (AvgIpc) is 2.82. The Morgan fingerprint density at radius 1 is 0.938 bits per heavy atom. The standard InChI is InChI=1S/C25H30N4O3/c1-3-19(2)29-24(31)21-11-7-8-12-22(21)28(25(29)32)18-23(30)27-15-13-26(14-16-27)17-20-9-5-4-6-10-20/h4-12,19H,3,13-18H2,1-2H3. The highest BCUT2D eigenvalue weighted by Gasteiger charge is 2.24. The lowest BCUT2D eigenvalue weighted by molar-refractivity contribution is -0.133. The number of piperazine rings is 1. The zero-order valence-corrected chi connectivity index (χ0v) is 18.7. The number of hydrogen-bond donors (Lipinski definition) is 0. The first kappa shape index (κ1) is 22.0. The molecule has 168 valence electrons. The van der Waals surface area contributed by atoms with Crippen LogP contribution >= 0.6 is 0 Å².